The lowest BCUT2D eigenvalue weighted by molar-refractivity contribution is 0.0601. The van der Waals surface area contributed by atoms with E-state index < -0.39 is 11.8 Å². The Bertz CT molecular complexity index is 596. The van der Waals surface area contributed by atoms with Crippen LogP contribution in [0.4, 0.5) is 10.1 Å². The maximum absolute atomic E-state index is 13.3. The lowest BCUT2D eigenvalue weighted by Gasteiger charge is -2.09. The third-order valence-electron chi connectivity index (χ3n) is 2.58. The molecular formula is C14H12FNO2. The first-order chi connectivity index (χ1) is 8.61. The Labute approximate surface area is 104 Å². The second kappa shape index (κ2) is 4.87. The van der Waals surface area contributed by atoms with Gasteiger partial charge in [0, 0.05) is 5.69 Å². The molecule has 0 aromatic heterocycles. The highest BCUT2D eigenvalue weighted by molar-refractivity contribution is 5.97. The molecule has 2 rings (SSSR count). The van der Waals surface area contributed by atoms with Crippen molar-refractivity contribution in [1.82, 2.24) is 0 Å². The molecule has 2 aromatic rings. The summed E-state index contributed by atoms with van der Waals surface area (Å²) in [6.45, 7) is 0. The minimum atomic E-state index is -0.507. The molecule has 0 atom stereocenters. The number of hydrogen-bond acceptors (Lipinski definition) is 3. The topological polar surface area (TPSA) is 52.3 Å². The van der Waals surface area contributed by atoms with Crippen LogP contribution in [0.3, 0.4) is 0 Å². The van der Waals surface area contributed by atoms with Gasteiger partial charge in [-0.1, -0.05) is 12.1 Å². The highest BCUT2D eigenvalue weighted by Gasteiger charge is 2.14. The van der Waals surface area contributed by atoms with Gasteiger partial charge in [-0.15, -0.1) is 0 Å². The molecule has 2 N–H and O–H groups in total. The van der Waals surface area contributed by atoms with Gasteiger partial charge in [-0.2, -0.15) is 0 Å². The molecule has 4 heteroatoms. The third-order valence-corrected chi connectivity index (χ3v) is 2.58. The molecule has 0 saturated heterocycles. The summed E-state index contributed by atoms with van der Waals surface area (Å²) in [5, 5.41) is 0. The lowest BCUT2D eigenvalue weighted by Crippen LogP contribution is -2.04. The molecule has 0 bridgehead atoms. The van der Waals surface area contributed by atoms with E-state index in [2.05, 4.69) is 4.74 Å². The largest absolute Gasteiger partial charge is 0.465 e. The zero-order valence-corrected chi connectivity index (χ0v) is 9.81. The maximum Gasteiger partial charge on any atom is 0.338 e. The molecule has 0 heterocycles. The van der Waals surface area contributed by atoms with Crippen LogP contribution >= 0.6 is 0 Å². The van der Waals surface area contributed by atoms with Crippen LogP contribution in [0.25, 0.3) is 11.1 Å². The van der Waals surface area contributed by atoms with Gasteiger partial charge in [0.15, 0.2) is 0 Å². The number of hydrogen-bond donors (Lipinski definition) is 1. The fraction of sp³-hybridized carbons (Fsp3) is 0.0714. The monoisotopic (exact) mass is 245 g/mol. The van der Waals surface area contributed by atoms with Crippen LogP contribution in [0, 0.1) is 5.82 Å². The molecule has 0 aliphatic carbocycles. The van der Waals surface area contributed by atoms with E-state index in [4.69, 9.17) is 5.73 Å². The van der Waals surface area contributed by atoms with Crippen LogP contribution in [0.1, 0.15) is 10.4 Å². The average Bonchev–Trinajstić information content (AvgIpc) is 2.38. The van der Waals surface area contributed by atoms with E-state index in [1.165, 1.54) is 25.3 Å². The lowest BCUT2D eigenvalue weighted by atomic mass is 9.99. The number of esters is 1. The van der Waals surface area contributed by atoms with Gasteiger partial charge in [0.25, 0.3) is 0 Å². The number of halogens is 1. The smallest absolute Gasteiger partial charge is 0.338 e. The van der Waals surface area contributed by atoms with E-state index >= 15 is 0 Å². The van der Waals surface area contributed by atoms with Gasteiger partial charge < -0.3 is 10.5 Å². The van der Waals surface area contributed by atoms with Gasteiger partial charge in [0.1, 0.15) is 5.82 Å². The first-order valence-electron chi connectivity index (χ1n) is 5.35. The van der Waals surface area contributed by atoms with Gasteiger partial charge in [0.05, 0.1) is 12.7 Å². The Balaban J connectivity index is 2.61. The van der Waals surface area contributed by atoms with Gasteiger partial charge >= 0.3 is 5.97 Å². The Morgan fingerprint density at radius 3 is 2.67 bits per heavy atom. The summed E-state index contributed by atoms with van der Waals surface area (Å²) in [6, 6.07) is 10.8. The minimum Gasteiger partial charge on any atom is -0.465 e. The Hall–Kier alpha value is -2.36. The molecule has 92 valence electrons. The molecule has 0 aliphatic heterocycles. The maximum atomic E-state index is 13.3. The number of methoxy groups -OCH3 is 1. The number of nitrogen functional groups attached to an aromatic ring is 1. The summed E-state index contributed by atoms with van der Waals surface area (Å²) in [6.07, 6.45) is 0. The number of benzene rings is 2. The number of nitrogens with two attached hydrogens (primary N) is 1. The van der Waals surface area contributed by atoms with Crippen molar-refractivity contribution in [3.63, 3.8) is 0 Å². The standard InChI is InChI=1S/C14H12FNO2/c1-18-14(17)12-6-5-10(15)8-13(12)9-3-2-4-11(16)7-9/h2-8H,16H2,1H3. The number of rotatable bonds is 2. The molecule has 0 saturated carbocycles. The summed E-state index contributed by atoms with van der Waals surface area (Å²) in [5.41, 5.74) is 7.68. The van der Waals surface area contributed by atoms with Crippen molar-refractivity contribution >= 4 is 11.7 Å². The fourth-order valence-electron chi connectivity index (χ4n) is 1.75. The zero-order valence-electron chi connectivity index (χ0n) is 9.81. The summed E-state index contributed by atoms with van der Waals surface area (Å²) in [5.74, 6) is -0.924. The molecule has 0 spiro atoms. The van der Waals surface area contributed by atoms with Crippen LogP contribution in [-0.2, 0) is 4.74 Å². The summed E-state index contributed by atoms with van der Waals surface area (Å²) >= 11 is 0. The Kier molecular flexibility index (Phi) is 3.28. The van der Waals surface area contributed by atoms with Crippen LogP contribution in [0.2, 0.25) is 0 Å². The summed E-state index contributed by atoms with van der Waals surface area (Å²) < 4.78 is 18.0. The van der Waals surface area contributed by atoms with Crippen LogP contribution in [0.15, 0.2) is 42.5 Å². The van der Waals surface area contributed by atoms with Crippen LogP contribution < -0.4 is 5.73 Å². The normalized spacial score (nSPS) is 10.1. The molecule has 0 fully saturated rings. The Morgan fingerprint density at radius 2 is 2.00 bits per heavy atom. The molecule has 2 aromatic carbocycles. The van der Waals surface area contributed by atoms with Crippen molar-refractivity contribution in [3.8, 4) is 11.1 Å². The highest BCUT2D eigenvalue weighted by atomic mass is 19.1. The predicted octanol–water partition coefficient (Wildman–Crippen LogP) is 2.86. The average molecular weight is 245 g/mol. The molecule has 0 unspecified atom stereocenters. The fourth-order valence-corrected chi connectivity index (χ4v) is 1.75. The molecule has 18 heavy (non-hydrogen) atoms. The first-order valence-corrected chi connectivity index (χ1v) is 5.35. The molecule has 3 nitrogen and oxygen atoms in total. The molecule has 0 amide bonds. The quantitative estimate of drug-likeness (QED) is 0.653. The van der Waals surface area contributed by atoms with E-state index in [0.717, 1.165) is 0 Å². The van der Waals surface area contributed by atoms with Crippen molar-refractivity contribution in [2.24, 2.45) is 0 Å². The summed E-state index contributed by atoms with van der Waals surface area (Å²) in [4.78, 5) is 11.6. The van der Waals surface area contributed by atoms with Crippen molar-refractivity contribution in [2.45, 2.75) is 0 Å². The van der Waals surface area contributed by atoms with Gasteiger partial charge in [0.2, 0.25) is 0 Å². The van der Waals surface area contributed by atoms with Crippen molar-refractivity contribution < 1.29 is 13.9 Å². The second-order valence-corrected chi connectivity index (χ2v) is 3.81. The van der Waals surface area contributed by atoms with E-state index in [9.17, 15) is 9.18 Å². The van der Waals surface area contributed by atoms with Crippen LogP contribution in [-0.4, -0.2) is 13.1 Å². The van der Waals surface area contributed by atoms with E-state index in [0.29, 0.717) is 22.4 Å². The second-order valence-electron chi connectivity index (χ2n) is 3.81. The SMILES string of the molecule is COC(=O)c1ccc(F)cc1-c1cccc(N)c1. The molecule has 0 aliphatic rings. The first kappa shape index (κ1) is 12.1. The summed E-state index contributed by atoms with van der Waals surface area (Å²) in [7, 11) is 1.29. The highest BCUT2D eigenvalue weighted by Crippen LogP contribution is 2.26. The third kappa shape index (κ3) is 2.32. The minimum absolute atomic E-state index is 0.310. The van der Waals surface area contributed by atoms with Crippen molar-refractivity contribution in [1.29, 1.82) is 0 Å². The van der Waals surface area contributed by atoms with E-state index in [1.807, 2.05) is 0 Å². The van der Waals surface area contributed by atoms with Gasteiger partial charge in [-0.05, 0) is 41.5 Å². The van der Waals surface area contributed by atoms with Gasteiger partial charge in [-0.25, -0.2) is 9.18 Å². The predicted molar refractivity (Wildman–Crippen MR) is 67.6 cm³/mol. The number of anilines is 1. The van der Waals surface area contributed by atoms with Crippen LogP contribution in [0.5, 0.6) is 0 Å². The number of ether oxygens (including phenoxy) is 1. The molecule has 0 radical (unpaired) electrons. The van der Waals surface area contributed by atoms with Gasteiger partial charge in [-0.3, -0.25) is 0 Å². The Morgan fingerprint density at radius 1 is 1.22 bits per heavy atom. The molecular weight excluding hydrogens is 233 g/mol. The zero-order chi connectivity index (χ0) is 13.1. The van der Waals surface area contributed by atoms with E-state index in [-0.39, 0.29) is 0 Å². The van der Waals surface area contributed by atoms with Crippen molar-refractivity contribution in [3.05, 3.63) is 53.8 Å². The number of carbonyl (C=O) groups excluding carboxylic acids is 1. The van der Waals surface area contributed by atoms with E-state index in [1.54, 1.807) is 24.3 Å². The van der Waals surface area contributed by atoms with Crippen molar-refractivity contribution in [2.75, 3.05) is 12.8 Å². The number of carbonyl (C=O) groups is 1.